The minimum Gasteiger partial charge on any atom is -0.490 e. The van der Waals surface area contributed by atoms with Gasteiger partial charge in [0.2, 0.25) is 0 Å². The Bertz CT molecular complexity index is 321. The summed E-state index contributed by atoms with van der Waals surface area (Å²) in [5, 5.41) is 0. The lowest BCUT2D eigenvalue weighted by Gasteiger charge is -2.10. The second-order valence-corrected chi connectivity index (χ2v) is 3.83. The van der Waals surface area contributed by atoms with E-state index in [0.29, 0.717) is 12.7 Å². The van der Waals surface area contributed by atoms with E-state index < -0.39 is 0 Å². The van der Waals surface area contributed by atoms with Crippen molar-refractivity contribution in [1.82, 2.24) is 0 Å². The first-order valence-electron chi connectivity index (χ1n) is 5.86. The van der Waals surface area contributed by atoms with Gasteiger partial charge in [0.25, 0.3) is 0 Å². The molecule has 1 aliphatic heterocycles. The predicted molar refractivity (Wildman–Crippen MR) is 62.1 cm³/mol. The van der Waals surface area contributed by atoms with Crippen molar-refractivity contribution in [2.75, 3.05) is 19.8 Å². The molecule has 0 saturated carbocycles. The number of hydrogen-bond acceptors (Lipinski definition) is 3. The number of benzene rings is 1. The summed E-state index contributed by atoms with van der Waals surface area (Å²) >= 11 is 0. The highest BCUT2D eigenvalue weighted by atomic mass is 16.6. The molecule has 1 heterocycles. The van der Waals surface area contributed by atoms with Crippen LogP contribution in [0, 0.1) is 0 Å². The molecule has 1 atom stereocenters. The molecule has 0 amide bonds. The summed E-state index contributed by atoms with van der Waals surface area (Å²) in [7, 11) is 0. The molecule has 16 heavy (non-hydrogen) atoms. The normalized spacial score (nSPS) is 18.2. The molecule has 0 spiro atoms. The summed E-state index contributed by atoms with van der Waals surface area (Å²) < 4.78 is 16.3. The fourth-order valence-corrected chi connectivity index (χ4v) is 1.57. The first-order chi connectivity index (χ1) is 7.90. The Labute approximate surface area is 96.3 Å². The second kappa shape index (κ2) is 5.75. The Balaban J connectivity index is 1.77. The number of para-hydroxylation sites is 2. The molecule has 0 aromatic heterocycles. The summed E-state index contributed by atoms with van der Waals surface area (Å²) in [6, 6.07) is 7.79. The zero-order valence-corrected chi connectivity index (χ0v) is 9.65. The van der Waals surface area contributed by atoms with Gasteiger partial charge in [0.15, 0.2) is 11.5 Å². The maximum atomic E-state index is 5.69. The van der Waals surface area contributed by atoms with Gasteiger partial charge < -0.3 is 14.2 Å². The van der Waals surface area contributed by atoms with Crippen LogP contribution in [-0.4, -0.2) is 25.9 Å². The molecule has 0 bridgehead atoms. The SMILES string of the molecule is CCOc1ccccc1OCCCC1CO1. The van der Waals surface area contributed by atoms with Crippen LogP contribution in [0.25, 0.3) is 0 Å². The standard InChI is InChI=1S/C13H18O3/c1-2-14-12-7-3-4-8-13(12)15-9-5-6-11-10-16-11/h3-4,7-8,11H,2,5-6,9-10H2,1H3. The highest BCUT2D eigenvalue weighted by Crippen LogP contribution is 2.26. The first kappa shape index (κ1) is 11.3. The highest BCUT2D eigenvalue weighted by molar-refractivity contribution is 5.39. The molecule has 1 saturated heterocycles. The van der Waals surface area contributed by atoms with Crippen molar-refractivity contribution in [1.29, 1.82) is 0 Å². The third kappa shape index (κ3) is 3.42. The van der Waals surface area contributed by atoms with Crippen LogP contribution in [-0.2, 0) is 4.74 Å². The first-order valence-corrected chi connectivity index (χ1v) is 5.86. The van der Waals surface area contributed by atoms with Crippen LogP contribution < -0.4 is 9.47 Å². The zero-order valence-electron chi connectivity index (χ0n) is 9.65. The molecule has 1 aliphatic rings. The molecule has 1 fully saturated rings. The van der Waals surface area contributed by atoms with Crippen molar-refractivity contribution in [3.05, 3.63) is 24.3 Å². The topological polar surface area (TPSA) is 31.0 Å². The van der Waals surface area contributed by atoms with Crippen LogP contribution in [0.3, 0.4) is 0 Å². The van der Waals surface area contributed by atoms with Gasteiger partial charge in [0.05, 0.1) is 25.9 Å². The van der Waals surface area contributed by atoms with Gasteiger partial charge >= 0.3 is 0 Å². The van der Waals surface area contributed by atoms with Crippen LogP contribution in [0.1, 0.15) is 19.8 Å². The molecule has 2 rings (SSSR count). The molecule has 88 valence electrons. The number of hydrogen-bond donors (Lipinski definition) is 0. The Morgan fingerprint density at radius 2 is 1.94 bits per heavy atom. The molecule has 0 radical (unpaired) electrons. The summed E-state index contributed by atoms with van der Waals surface area (Å²) in [4.78, 5) is 0. The van der Waals surface area contributed by atoms with Gasteiger partial charge in [0.1, 0.15) is 0 Å². The Morgan fingerprint density at radius 3 is 2.56 bits per heavy atom. The molecule has 1 aromatic rings. The van der Waals surface area contributed by atoms with E-state index in [-0.39, 0.29) is 0 Å². The van der Waals surface area contributed by atoms with Crippen LogP contribution in [0.4, 0.5) is 0 Å². The van der Waals surface area contributed by atoms with Crippen molar-refractivity contribution in [3.63, 3.8) is 0 Å². The molecule has 3 nitrogen and oxygen atoms in total. The maximum Gasteiger partial charge on any atom is 0.161 e. The third-order valence-corrected chi connectivity index (χ3v) is 2.48. The van der Waals surface area contributed by atoms with Crippen molar-refractivity contribution >= 4 is 0 Å². The molecule has 0 aliphatic carbocycles. The van der Waals surface area contributed by atoms with Crippen molar-refractivity contribution in [3.8, 4) is 11.5 Å². The van der Waals surface area contributed by atoms with Gasteiger partial charge in [-0.1, -0.05) is 12.1 Å². The smallest absolute Gasteiger partial charge is 0.161 e. The van der Waals surface area contributed by atoms with E-state index in [1.807, 2.05) is 31.2 Å². The highest BCUT2D eigenvalue weighted by Gasteiger charge is 2.21. The monoisotopic (exact) mass is 222 g/mol. The fraction of sp³-hybridized carbons (Fsp3) is 0.538. The molecule has 1 unspecified atom stereocenters. The number of rotatable bonds is 7. The third-order valence-electron chi connectivity index (χ3n) is 2.48. The van der Waals surface area contributed by atoms with E-state index in [9.17, 15) is 0 Å². The van der Waals surface area contributed by atoms with E-state index in [2.05, 4.69) is 0 Å². The van der Waals surface area contributed by atoms with Gasteiger partial charge in [-0.25, -0.2) is 0 Å². The molecular formula is C13H18O3. The van der Waals surface area contributed by atoms with E-state index >= 15 is 0 Å². The van der Waals surface area contributed by atoms with Gasteiger partial charge in [-0.15, -0.1) is 0 Å². The minimum atomic E-state index is 0.491. The van der Waals surface area contributed by atoms with Gasteiger partial charge in [-0.3, -0.25) is 0 Å². The zero-order chi connectivity index (χ0) is 11.2. The Kier molecular flexibility index (Phi) is 4.05. The van der Waals surface area contributed by atoms with Crippen molar-refractivity contribution in [2.24, 2.45) is 0 Å². The number of epoxide rings is 1. The van der Waals surface area contributed by atoms with Gasteiger partial charge in [-0.2, -0.15) is 0 Å². The summed E-state index contributed by atoms with van der Waals surface area (Å²) in [5.41, 5.74) is 0. The van der Waals surface area contributed by atoms with Crippen LogP contribution in [0.2, 0.25) is 0 Å². The number of ether oxygens (including phenoxy) is 3. The van der Waals surface area contributed by atoms with Gasteiger partial charge in [-0.05, 0) is 31.9 Å². The van der Waals surface area contributed by atoms with Crippen LogP contribution >= 0.6 is 0 Å². The lowest BCUT2D eigenvalue weighted by atomic mass is 10.2. The largest absolute Gasteiger partial charge is 0.490 e. The van der Waals surface area contributed by atoms with E-state index in [0.717, 1.165) is 37.6 Å². The second-order valence-electron chi connectivity index (χ2n) is 3.83. The molecule has 1 aromatic carbocycles. The lowest BCUT2D eigenvalue weighted by molar-refractivity contribution is 0.265. The maximum absolute atomic E-state index is 5.69. The molecule has 0 N–H and O–H groups in total. The average molecular weight is 222 g/mol. The quantitative estimate of drug-likeness (QED) is 0.525. The Hall–Kier alpha value is -1.22. The summed E-state index contributed by atoms with van der Waals surface area (Å²) in [6.07, 6.45) is 2.62. The molecule has 3 heteroatoms. The summed E-state index contributed by atoms with van der Waals surface area (Å²) in [6.45, 7) is 4.29. The van der Waals surface area contributed by atoms with Crippen molar-refractivity contribution < 1.29 is 14.2 Å². The van der Waals surface area contributed by atoms with Crippen molar-refractivity contribution in [2.45, 2.75) is 25.9 Å². The van der Waals surface area contributed by atoms with Crippen LogP contribution in [0.15, 0.2) is 24.3 Å². The van der Waals surface area contributed by atoms with E-state index in [1.54, 1.807) is 0 Å². The predicted octanol–water partition coefficient (Wildman–Crippen LogP) is 2.64. The summed E-state index contributed by atoms with van der Waals surface area (Å²) in [5.74, 6) is 1.66. The minimum absolute atomic E-state index is 0.491. The van der Waals surface area contributed by atoms with E-state index in [4.69, 9.17) is 14.2 Å². The lowest BCUT2D eigenvalue weighted by Crippen LogP contribution is -2.01. The average Bonchev–Trinajstić information content (AvgIpc) is 3.11. The molecular weight excluding hydrogens is 204 g/mol. The Morgan fingerprint density at radius 1 is 1.25 bits per heavy atom. The fourth-order valence-electron chi connectivity index (χ4n) is 1.57. The van der Waals surface area contributed by atoms with E-state index in [1.165, 1.54) is 0 Å². The van der Waals surface area contributed by atoms with Gasteiger partial charge in [0, 0.05) is 0 Å². The van der Waals surface area contributed by atoms with Crippen LogP contribution in [0.5, 0.6) is 11.5 Å².